The first-order valence-electron chi connectivity index (χ1n) is 5.76. The van der Waals surface area contributed by atoms with Gasteiger partial charge in [0.2, 0.25) is 5.91 Å². The van der Waals surface area contributed by atoms with E-state index in [1.807, 2.05) is 11.8 Å². The van der Waals surface area contributed by atoms with Crippen LogP contribution in [0, 0.1) is 6.92 Å². The minimum absolute atomic E-state index is 0. The summed E-state index contributed by atoms with van der Waals surface area (Å²) >= 11 is 0. The highest BCUT2D eigenvalue weighted by molar-refractivity contribution is 5.97. The van der Waals surface area contributed by atoms with E-state index in [2.05, 4.69) is 18.2 Å². The number of fused-ring (bicyclic) bond motifs is 1. The van der Waals surface area contributed by atoms with Crippen LogP contribution in [0.3, 0.4) is 0 Å². The molecule has 94 valence electrons. The second-order valence-corrected chi connectivity index (χ2v) is 4.51. The van der Waals surface area contributed by atoms with Crippen LogP contribution in [0.5, 0.6) is 0 Å². The van der Waals surface area contributed by atoms with Gasteiger partial charge in [-0.3, -0.25) is 4.79 Å². The van der Waals surface area contributed by atoms with Gasteiger partial charge in [0.05, 0.1) is 6.04 Å². The lowest BCUT2D eigenvalue weighted by atomic mass is 9.99. The number of anilines is 1. The summed E-state index contributed by atoms with van der Waals surface area (Å²) in [5.74, 6) is 0.0200. The second kappa shape index (κ2) is 5.52. The molecule has 2 N–H and O–H groups in total. The van der Waals surface area contributed by atoms with Gasteiger partial charge in [0.15, 0.2) is 0 Å². The van der Waals surface area contributed by atoms with Crippen LogP contribution >= 0.6 is 12.4 Å². The van der Waals surface area contributed by atoms with Crippen molar-refractivity contribution in [1.82, 2.24) is 0 Å². The Labute approximate surface area is 108 Å². The highest BCUT2D eigenvalue weighted by Crippen LogP contribution is 2.28. The fraction of sp³-hybridized carbons (Fsp3) is 0.462. The zero-order valence-electron chi connectivity index (χ0n) is 10.3. The fourth-order valence-corrected chi connectivity index (χ4v) is 2.16. The topological polar surface area (TPSA) is 46.3 Å². The molecule has 0 saturated heterocycles. The summed E-state index contributed by atoms with van der Waals surface area (Å²) in [6.07, 6.45) is 2.08. The maximum Gasteiger partial charge on any atom is 0.243 e. The van der Waals surface area contributed by atoms with E-state index >= 15 is 0 Å². The van der Waals surface area contributed by atoms with Gasteiger partial charge in [0.1, 0.15) is 0 Å². The Morgan fingerprint density at radius 3 is 2.82 bits per heavy atom. The summed E-state index contributed by atoms with van der Waals surface area (Å²) in [5, 5.41) is 0. The van der Waals surface area contributed by atoms with Crippen LogP contribution < -0.4 is 10.6 Å². The maximum absolute atomic E-state index is 12.0. The Balaban J connectivity index is 0.00000144. The smallest absolute Gasteiger partial charge is 0.243 e. The summed E-state index contributed by atoms with van der Waals surface area (Å²) in [6.45, 7) is 4.58. The van der Waals surface area contributed by atoms with Crippen molar-refractivity contribution >= 4 is 24.0 Å². The number of aryl methyl sites for hydroxylation is 2. The lowest BCUT2D eigenvalue weighted by Crippen LogP contribution is -2.44. The number of amides is 1. The van der Waals surface area contributed by atoms with Crippen LogP contribution in [0.4, 0.5) is 5.69 Å². The van der Waals surface area contributed by atoms with Gasteiger partial charge in [-0.05, 0) is 43.9 Å². The first-order valence-corrected chi connectivity index (χ1v) is 5.76. The number of nitrogens with two attached hydrogens (primary N) is 1. The molecule has 1 aliphatic heterocycles. The van der Waals surface area contributed by atoms with Gasteiger partial charge in [-0.2, -0.15) is 0 Å². The van der Waals surface area contributed by atoms with Gasteiger partial charge in [0, 0.05) is 12.2 Å². The predicted octanol–water partition coefficient (Wildman–Crippen LogP) is 2.04. The molecule has 1 heterocycles. The summed E-state index contributed by atoms with van der Waals surface area (Å²) in [7, 11) is 0. The zero-order valence-corrected chi connectivity index (χ0v) is 11.1. The Hall–Kier alpha value is -1.06. The molecule has 0 radical (unpaired) electrons. The van der Waals surface area contributed by atoms with E-state index in [0.717, 1.165) is 25.1 Å². The monoisotopic (exact) mass is 254 g/mol. The van der Waals surface area contributed by atoms with Crippen molar-refractivity contribution < 1.29 is 4.79 Å². The first kappa shape index (κ1) is 14.0. The van der Waals surface area contributed by atoms with Crippen LogP contribution in [0.2, 0.25) is 0 Å². The van der Waals surface area contributed by atoms with Gasteiger partial charge in [-0.25, -0.2) is 0 Å². The Bertz CT molecular complexity index is 418. The van der Waals surface area contributed by atoms with Crippen molar-refractivity contribution in [2.24, 2.45) is 5.73 Å². The summed E-state index contributed by atoms with van der Waals surface area (Å²) < 4.78 is 0. The van der Waals surface area contributed by atoms with Crippen LogP contribution in [-0.4, -0.2) is 18.5 Å². The van der Waals surface area contributed by atoms with E-state index in [1.165, 1.54) is 11.1 Å². The molecule has 17 heavy (non-hydrogen) atoms. The Morgan fingerprint density at radius 2 is 2.18 bits per heavy atom. The normalized spacial score (nSPS) is 15.8. The number of carbonyl (C=O) groups is 1. The number of rotatable bonds is 1. The number of halogens is 1. The van der Waals surface area contributed by atoms with Crippen molar-refractivity contribution in [3.63, 3.8) is 0 Å². The van der Waals surface area contributed by atoms with Crippen molar-refractivity contribution in [3.8, 4) is 0 Å². The molecule has 4 heteroatoms. The molecule has 1 atom stereocenters. The van der Waals surface area contributed by atoms with Gasteiger partial charge >= 0.3 is 0 Å². The number of hydrogen-bond acceptors (Lipinski definition) is 2. The van der Waals surface area contributed by atoms with Crippen LogP contribution in [0.1, 0.15) is 24.5 Å². The predicted molar refractivity (Wildman–Crippen MR) is 72.8 cm³/mol. The highest BCUT2D eigenvalue weighted by Gasteiger charge is 2.24. The molecule has 0 aliphatic carbocycles. The first-order chi connectivity index (χ1) is 7.59. The Kier molecular flexibility index (Phi) is 4.54. The molecular formula is C13H19ClN2O. The molecule has 0 spiro atoms. The molecule has 1 amide bonds. The zero-order chi connectivity index (χ0) is 11.7. The largest absolute Gasteiger partial charge is 0.320 e. The summed E-state index contributed by atoms with van der Waals surface area (Å²) in [4.78, 5) is 13.8. The minimum Gasteiger partial charge on any atom is -0.320 e. The average Bonchev–Trinajstić information content (AvgIpc) is 2.27. The van der Waals surface area contributed by atoms with Crippen molar-refractivity contribution in [2.75, 3.05) is 11.4 Å². The molecule has 3 nitrogen and oxygen atoms in total. The molecule has 0 bridgehead atoms. The lowest BCUT2D eigenvalue weighted by Gasteiger charge is -2.31. The molecular weight excluding hydrogens is 236 g/mol. The fourth-order valence-electron chi connectivity index (χ4n) is 2.16. The van der Waals surface area contributed by atoms with Gasteiger partial charge in [-0.15, -0.1) is 12.4 Å². The minimum atomic E-state index is -0.425. The maximum atomic E-state index is 12.0. The summed E-state index contributed by atoms with van der Waals surface area (Å²) in [5.41, 5.74) is 9.16. The number of carbonyl (C=O) groups excluding carboxylic acids is 1. The van der Waals surface area contributed by atoms with Gasteiger partial charge < -0.3 is 10.6 Å². The lowest BCUT2D eigenvalue weighted by molar-refractivity contribution is -0.119. The third-order valence-corrected chi connectivity index (χ3v) is 3.01. The van der Waals surface area contributed by atoms with Gasteiger partial charge in [0.25, 0.3) is 0 Å². The number of benzene rings is 1. The van der Waals surface area contributed by atoms with Crippen LogP contribution in [0.15, 0.2) is 18.2 Å². The third-order valence-electron chi connectivity index (χ3n) is 3.01. The molecule has 0 aromatic heterocycles. The molecule has 1 unspecified atom stereocenters. The molecule has 1 aromatic rings. The molecule has 1 aromatic carbocycles. The van der Waals surface area contributed by atoms with E-state index in [-0.39, 0.29) is 18.3 Å². The standard InChI is InChI=1S/C13H18N2O.ClH/c1-9-5-6-11-4-3-7-15(12(11)8-9)13(16)10(2)14;/h5-6,8,10H,3-4,7,14H2,1-2H3;1H. The van der Waals surface area contributed by atoms with E-state index < -0.39 is 6.04 Å². The third kappa shape index (κ3) is 2.79. The van der Waals surface area contributed by atoms with E-state index in [0.29, 0.717) is 0 Å². The van der Waals surface area contributed by atoms with Crippen LogP contribution in [0.25, 0.3) is 0 Å². The molecule has 0 saturated carbocycles. The number of hydrogen-bond donors (Lipinski definition) is 1. The van der Waals surface area contributed by atoms with E-state index in [9.17, 15) is 4.79 Å². The van der Waals surface area contributed by atoms with Crippen molar-refractivity contribution in [2.45, 2.75) is 32.7 Å². The van der Waals surface area contributed by atoms with Gasteiger partial charge in [-0.1, -0.05) is 12.1 Å². The molecule has 1 aliphatic rings. The Morgan fingerprint density at radius 1 is 1.47 bits per heavy atom. The van der Waals surface area contributed by atoms with Crippen molar-refractivity contribution in [1.29, 1.82) is 0 Å². The number of nitrogens with zero attached hydrogens (tertiary/aromatic N) is 1. The van der Waals surface area contributed by atoms with E-state index in [1.54, 1.807) is 6.92 Å². The second-order valence-electron chi connectivity index (χ2n) is 4.51. The van der Waals surface area contributed by atoms with Crippen molar-refractivity contribution in [3.05, 3.63) is 29.3 Å². The van der Waals surface area contributed by atoms with Crippen LogP contribution in [-0.2, 0) is 11.2 Å². The quantitative estimate of drug-likeness (QED) is 0.834. The SMILES string of the molecule is Cc1ccc2c(c1)N(C(=O)C(C)N)CCC2.Cl. The molecule has 0 fully saturated rings. The average molecular weight is 255 g/mol. The molecule has 2 rings (SSSR count). The van der Waals surface area contributed by atoms with E-state index in [4.69, 9.17) is 5.73 Å². The summed E-state index contributed by atoms with van der Waals surface area (Å²) in [6, 6.07) is 5.87. The highest BCUT2D eigenvalue weighted by atomic mass is 35.5.